The van der Waals surface area contributed by atoms with Crippen LogP contribution in [-0.4, -0.2) is 66.1 Å². The molecule has 1 aliphatic heterocycles. The van der Waals surface area contributed by atoms with Crippen molar-refractivity contribution in [3.05, 3.63) is 41.4 Å². The summed E-state index contributed by atoms with van der Waals surface area (Å²) in [6, 6.07) is 5.61. The van der Waals surface area contributed by atoms with E-state index in [-0.39, 0.29) is 5.91 Å². The molecular weight excluding hydrogens is 306 g/mol. The number of carbonyl (C=O) groups excluding carboxylic acids is 1. The van der Waals surface area contributed by atoms with E-state index in [1.54, 1.807) is 31.3 Å². The van der Waals surface area contributed by atoms with E-state index in [1.165, 1.54) is 0 Å². The fraction of sp³-hybridized carbons (Fsp3) is 0.471. The normalized spacial score (nSPS) is 15.5. The van der Waals surface area contributed by atoms with E-state index in [2.05, 4.69) is 19.9 Å². The topological polar surface area (TPSA) is 65.7 Å². The first-order valence-corrected chi connectivity index (χ1v) is 8.10. The van der Waals surface area contributed by atoms with Gasteiger partial charge < -0.3 is 14.3 Å². The second kappa shape index (κ2) is 7.00. The summed E-state index contributed by atoms with van der Waals surface area (Å²) in [6.07, 6.45) is 1.70. The van der Waals surface area contributed by atoms with Crippen LogP contribution in [0.3, 0.4) is 0 Å². The van der Waals surface area contributed by atoms with Gasteiger partial charge in [-0.05, 0) is 19.1 Å². The van der Waals surface area contributed by atoms with Crippen molar-refractivity contribution in [1.82, 2.24) is 19.9 Å². The number of hydrogen-bond acceptors (Lipinski definition) is 6. The van der Waals surface area contributed by atoms with Crippen LogP contribution in [0.2, 0.25) is 0 Å². The molecule has 1 fully saturated rings. The molecular formula is C17H23N5O2. The lowest BCUT2D eigenvalue weighted by Crippen LogP contribution is -2.46. The van der Waals surface area contributed by atoms with Crippen LogP contribution >= 0.6 is 0 Å². The van der Waals surface area contributed by atoms with Crippen LogP contribution in [0, 0.1) is 6.92 Å². The maximum absolute atomic E-state index is 12.1. The number of hydrogen-bond donors (Lipinski definition) is 0. The number of aromatic nitrogens is 2. The molecule has 0 saturated carbocycles. The van der Waals surface area contributed by atoms with Gasteiger partial charge in [-0.2, -0.15) is 0 Å². The number of aryl methyl sites for hydroxylation is 1. The zero-order valence-electron chi connectivity index (χ0n) is 14.4. The molecule has 0 aromatic carbocycles. The van der Waals surface area contributed by atoms with Crippen LogP contribution in [-0.2, 0) is 6.54 Å². The summed E-state index contributed by atoms with van der Waals surface area (Å²) in [5.41, 5.74) is 1.64. The van der Waals surface area contributed by atoms with Crippen LogP contribution in [0.5, 0.6) is 0 Å². The highest BCUT2D eigenvalue weighted by Gasteiger charge is 2.20. The Bertz CT molecular complexity index is 705. The molecule has 0 spiro atoms. The van der Waals surface area contributed by atoms with Crippen molar-refractivity contribution in [3.8, 4) is 0 Å². The zero-order valence-corrected chi connectivity index (χ0v) is 14.4. The quantitative estimate of drug-likeness (QED) is 0.845. The summed E-state index contributed by atoms with van der Waals surface area (Å²) in [4.78, 5) is 22.7. The Balaban J connectivity index is 1.60. The van der Waals surface area contributed by atoms with Crippen molar-refractivity contribution in [1.29, 1.82) is 0 Å². The number of pyridine rings is 1. The lowest BCUT2D eigenvalue weighted by Gasteiger charge is -2.35. The fourth-order valence-corrected chi connectivity index (χ4v) is 2.84. The molecule has 3 rings (SSSR count). The van der Waals surface area contributed by atoms with Gasteiger partial charge in [0, 0.05) is 64.6 Å². The van der Waals surface area contributed by atoms with Crippen LogP contribution in [0.25, 0.3) is 0 Å². The summed E-state index contributed by atoms with van der Waals surface area (Å²) in [6.45, 7) is 6.33. The SMILES string of the molecule is Cc1cc(CN2CCN(c3cc(C(=O)N(C)C)ccn3)CC2)no1. The molecule has 2 aromatic rings. The van der Waals surface area contributed by atoms with Gasteiger partial charge in [0.2, 0.25) is 0 Å². The van der Waals surface area contributed by atoms with Crippen LogP contribution in [0.15, 0.2) is 28.9 Å². The predicted octanol–water partition coefficient (Wildman–Crippen LogP) is 1.40. The Kier molecular flexibility index (Phi) is 4.80. The number of anilines is 1. The number of piperazine rings is 1. The largest absolute Gasteiger partial charge is 0.361 e. The first-order valence-electron chi connectivity index (χ1n) is 8.10. The maximum atomic E-state index is 12.1. The smallest absolute Gasteiger partial charge is 0.253 e. The molecule has 0 unspecified atom stereocenters. The molecule has 128 valence electrons. The van der Waals surface area contributed by atoms with Gasteiger partial charge in [-0.15, -0.1) is 0 Å². The van der Waals surface area contributed by atoms with Crippen molar-refractivity contribution in [2.24, 2.45) is 0 Å². The van der Waals surface area contributed by atoms with E-state index in [1.807, 2.05) is 19.1 Å². The zero-order chi connectivity index (χ0) is 17.1. The molecule has 0 aliphatic carbocycles. The van der Waals surface area contributed by atoms with Gasteiger partial charge in [-0.3, -0.25) is 9.69 Å². The first-order chi connectivity index (χ1) is 11.5. The lowest BCUT2D eigenvalue weighted by molar-refractivity contribution is 0.0827. The highest BCUT2D eigenvalue weighted by molar-refractivity contribution is 5.94. The molecule has 1 saturated heterocycles. The average Bonchev–Trinajstić information content (AvgIpc) is 3.00. The monoisotopic (exact) mass is 329 g/mol. The van der Waals surface area contributed by atoms with Crippen molar-refractivity contribution >= 4 is 11.7 Å². The summed E-state index contributed by atoms with van der Waals surface area (Å²) < 4.78 is 5.12. The molecule has 7 nitrogen and oxygen atoms in total. The highest BCUT2D eigenvalue weighted by Crippen LogP contribution is 2.17. The average molecular weight is 329 g/mol. The molecule has 7 heteroatoms. The third-order valence-electron chi connectivity index (χ3n) is 4.16. The van der Waals surface area contributed by atoms with Crippen LogP contribution in [0.4, 0.5) is 5.82 Å². The molecule has 1 amide bonds. The van der Waals surface area contributed by atoms with Crippen LogP contribution in [0.1, 0.15) is 21.8 Å². The Labute approximate surface area is 141 Å². The minimum Gasteiger partial charge on any atom is -0.361 e. The third kappa shape index (κ3) is 3.73. The minimum absolute atomic E-state index is 0.00121. The molecule has 0 N–H and O–H groups in total. The van der Waals surface area contributed by atoms with Crippen molar-refractivity contribution in [2.45, 2.75) is 13.5 Å². The predicted molar refractivity (Wildman–Crippen MR) is 91.0 cm³/mol. The number of carbonyl (C=O) groups is 1. The Morgan fingerprint density at radius 3 is 2.62 bits per heavy atom. The second-order valence-electron chi connectivity index (χ2n) is 6.29. The number of amides is 1. The molecule has 24 heavy (non-hydrogen) atoms. The van der Waals surface area contributed by atoms with E-state index in [4.69, 9.17) is 4.52 Å². The summed E-state index contributed by atoms with van der Waals surface area (Å²) in [7, 11) is 3.51. The summed E-state index contributed by atoms with van der Waals surface area (Å²) in [5.74, 6) is 1.70. The van der Waals surface area contributed by atoms with Crippen molar-refractivity contribution in [3.63, 3.8) is 0 Å². The van der Waals surface area contributed by atoms with Gasteiger partial charge in [0.15, 0.2) is 0 Å². The van der Waals surface area contributed by atoms with E-state index in [9.17, 15) is 4.79 Å². The van der Waals surface area contributed by atoms with Gasteiger partial charge >= 0.3 is 0 Å². The summed E-state index contributed by atoms with van der Waals surface area (Å²) >= 11 is 0. The standard InChI is InChI=1S/C17H23N5O2/c1-13-10-15(19-24-13)12-21-6-8-22(9-7-21)16-11-14(4-5-18-16)17(23)20(2)3/h4-5,10-11H,6-9,12H2,1-3H3. The van der Waals surface area contributed by atoms with E-state index in [0.29, 0.717) is 5.56 Å². The van der Waals surface area contributed by atoms with Crippen molar-refractivity contribution < 1.29 is 9.32 Å². The summed E-state index contributed by atoms with van der Waals surface area (Å²) in [5, 5.41) is 4.05. The first kappa shape index (κ1) is 16.4. The van der Waals surface area contributed by atoms with Crippen LogP contribution < -0.4 is 4.90 Å². The maximum Gasteiger partial charge on any atom is 0.253 e. The number of rotatable bonds is 4. The fourth-order valence-electron chi connectivity index (χ4n) is 2.84. The molecule has 3 heterocycles. The van der Waals surface area contributed by atoms with Gasteiger partial charge in [0.05, 0.1) is 5.69 Å². The Morgan fingerprint density at radius 1 is 1.25 bits per heavy atom. The van der Waals surface area contributed by atoms with Gasteiger partial charge in [0.1, 0.15) is 11.6 Å². The van der Waals surface area contributed by atoms with E-state index >= 15 is 0 Å². The van der Waals surface area contributed by atoms with Gasteiger partial charge in [0.25, 0.3) is 5.91 Å². The molecule has 0 radical (unpaired) electrons. The van der Waals surface area contributed by atoms with E-state index < -0.39 is 0 Å². The van der Waals surface area contributed by atoms with E-state index in [0.717, 1.165) is 50.0 Å². The minimum atomic E-state index is -0.00121. The number of nitrogens with zero attached hydrogens (tertiary/aromatic N) is 5. The van der Waals surface area contributed by atoms with Crippen molar-refractivity contribution in [2.75, 3.05) is 45.2 Å². The second-order valence-corrected chi connectivity index (χ2v) is 6.29. The highest BCUT2D eigenvalue weighted by atomic mass is 16.5. The molecule has 0 atom stereocenters. The molecule has 1 aliphatic rings. The lowest BCUT2D eigenvalue weighted by atomic mass is 10.2. The van der Waals surface area contributed by atoms with Gasteiger partial charge in [-0.25, -0.2) is 4.98 Å². The molecule has 2 aromatic heterocycles. The third-order valence-corrected chi connectivity index (χ3v) is 4.16. The Morgan fingerprint density at radius 2 is 2.00 bits per heavy atom. The van der Waals surface area contributed by atoms with Gasteiger partial charge in [-0.1, -0.05) is 5.16 Å². The Hall–Kier alpha value is -2.41. The molecule has 0 bridgehead atoms.